The van der Waals surface area contributed by atoms with E-state index in [1.807, 2.05) is 97.9 Å². The van der Waals surface area contributed by atoms with Gasteiger partial charge in [0.25, 0.3) is 0 Å². The Labute approximate surface area is 275 Å². The first-order valence-corrected chi connectivity index (χ1v) is 17.8. The zero-order valence-electron chi connectivity index (χ0n) is 26.5. The number of carbonyl (C=O) groups excluding carboxylic acids is 1. The van der Waals surface area contributed by atoms with E-state index in [1.165, 1.54) is 28.5 Å². The van der Waals surface area contributed by atoms with Crippen molar-refractivity contribution in [3.05, 3.63) is 142 Å². The molecular weight excluding hydrogens is 607 g/mol. The molecule has 0 radical (unpaired) electrons. The number of rotatable bonds is 7. The van der Waals surface area contributed by atoms with Crippen molar-refractivity contribution in [1.29, 1.82) is 0 Å². The summed E-state index contributed by atoms with van der Waals surface area (Å²) in [7, 11) is -3.77. The standard InChI is InChI=1S/C38H37N5O3S/c1-25-21-28-22-27-13-12-20-32(27)35(34(25)28)40-37(44)41-47(45,33-23-39-43-24-26(2)46-36(33)43)42-38(29-14-6-3-7-15-29,30-16-8-4-9-17-30)31-18-10-5-11-19-31/h3-11,14-19,22-23,25-26H,12-13,20-21,24H2,1-2H3,(H2,40,41,42,44,45)/t25-,26-,47?/m1/s1. The van der Waals surface area contributed by atoms with E-state index in [4.69, 9.17) is 9.10 Å². The highest BCUT2D eigenvalue weighted by molar-refractivity contribution is 7.92. The summed E-state index contributed by atoms with van der Waals surface area (Å²) >= 11 is 0. The normalized spacial score (nSPS) is 18.9. The lowest BCUT2D eigenvalue weighted by atomic mass is 9.75. The molecule has 238 valence electrons. The fourth-order valence-electron chi connectivity index (χ4n) is 7.55. The maximum atomic E-state index is 15.8. The smallest absolute Gasteiger partial charge is 0.331 e. The minimum Gasteiger partial charge on any atom is -0.472 e. The average molecular weight is 644 g/mol. The van der Waals surface area contributed by atoms with Gasteiger partial charge in [-0.25, -0.2) is 18.4 Å². The molecular formula is C38H37N5O3S. The molecule has 0 saturated carbocycles. The number of nitrogens with one attached hydrogen (secondary N) is 2. The SMILES string of the molecule is C[C@@H]1Cn2ncc(S(=O)(=NC(c3ccccc3)(c3ccccc3)c3ccccc3)NC(=O)Nc3c4c(cc5c3[C@H](C)C5)CCC4)c2O1. The highest BCUT2D eigenvalue weighted by Crippen LogP contribution is 2.46. The summed E-state index contributed by atoms with van der Waals surface area (Å²) in [4.78, 5) is 14.5. The Morgan fingerprint density at radius 2 is 1.53 bits per heavy atom. The molecule has 2 amide bonds. The van der Waals surface area contributed by atoms with Crippen molar-refractivity contribution in [3.8, 4) is 5.88 Å². The summed E-state index contributed by atoms with van der Waals surface area (Å²) in [6, 6.07) is 31.2. The van der Waals surface area contributed by atoms with Crippen LogP contribution >= 0.6 is 0 Å². The Kier molecular flexibility index (Phi) is 7.17. The van der Waals surface area contributed by atoms with Gasteiger partial charge in [-0.15, -0.1) is 0 Å². The predicted octanol–water partition coefficient (Wildman–Crippen LogP) is 7.37. The van der Waals surface area contributed by atoms with Crippen molar-refractivity contribution < 1.29 is 13.7 Å². The Hall–Kier alpha value is -4.89. The Morgan fingerprint density at radius 3 is 2.13 bits per heavy atom. The third kappa shape index (κ3) is 4.91. The van der Waals surface area contributed by atoms with Gasteiger partial charge in [0.05, 0.1) is 12.7 Å². The topological polar surface area (TPSA) is 97.6 Å². The van der Waals surface area contributed by atoms with E-state index in [1.54, 1.807) is 4.68 Å². The summed E-state index contributed by atoms with van der Waals surface area (Å²) < 4.78 is 31.9. The average Bonchev–Trinajstić information content (AvgIpc) is 3.80. The van der Waals surface area contributed by atoms with Gasteiger partial charge in [-0.2, -0.15) is 9.46 Å². The van der Waals surface area contributed by atoms with E-state index < -0.39 is 21.5 Å². The lowest BCUT2D eigenvalue weighted by Crippen LogP contribution is -2.38. The van der Waals surface area contributed by atoms with Crippen molar-refractivity contribution in [3.63, 3.8) is 0 Å². The molecule has 2 aliphatic carbocycles. The second-order valence-corrected chi connectivity index (χ2v) is 14.7. The Morgan fingerprint density at radius 1 is 0.915 bits per heavy atom. The summed E-state index contributed by atoms with van der Waals surface area (Å²) in [5.74, 6) is 0.698. The molecule has 3 atom stereocenters. The summed E-state index contributed by atoms with van der Waals surface area (Å²) in [5.41, 5.74) is 6.96. The summed E-state index contributed by atoms with van der Waals surface area (Å²) in [5, 5.41) is 7.70. The number of carbonyl (C=O) groups is 1. The highest BCUT2D eigenvalue weighted by Gasteiger charge is 2.41. The maximum absolute atomic E-state index is 15.8. The summed E-state index contributed by atoms with van der Waals surface area (Å²) in [6.07, 6.45) is 5.33. The van der Waals surface area contributed by atoms with Gasteiger partial charge in [-0.05, 0) is 77.5 Å². The van der Waals surface area contributed by atoms with Gasteiger partial charge in [-0.1, -0.05) is 104 Å². The van der Waals surface area contributed by atoms with Crippen LogP contribution in [0.25, 0.3) is 0 Å². The number of amides is 2. The van der Waals surface area contributed by atoms with Crippen LogP contribution in [0.5, 0.6) is 5.88 Å². The fraction of sp³-hybridized carbons (Fsp3) is 0.263. The first-order chi connectivity index (χ1) is 22.9. The molecule has 3 aliphatic rings. The van der Waals surface area contributed by atoms with Crippen LogP contribution in [-0.4, -0.2) is 26.1 Å². The quantitative estimate of drug-likeness (QED) is 0.181. The molecule has 9 heteroatoms. The molecule has 4 aromatic carbocycles. The molecule has 0 fully saturated rings. The molecule has 0 saturated heterocycles. The first kappa shape index (κ1) is 29.5. The van der Waals surface area contributed by atoms with Crippen LogP contribution in [-0.2, 0) is 41.3 Å². The predicted molar refractivity (Wildman–Crippen MR) is 183 cm³/mol. The van der Waals surface area contributed by atoms with E-state index in [2.05, 4.69) is 28.1 Å². The van der Waals surface area contributed by atoms with Crippen molar-refractivity contribution in [2.24, 2.45) is 4.36 Å². The van der Waals surface area contributed by atoms with Gasteiger partial charge >= 0.3 is 6.03 Å². The minimum absolute atomic E-state index is 0.163. The Bertz CT molecular complexity index is 2000. The number of aromatic nitrogens is 2. The van der Waals surface area contributed by atoms with E-state index in [9.17, 15) is 4.79 Å². The second kappa shape index (κ2) is 11.4. The van der Waals surface area contributed by atoms with E-state index in [0.29, 0.717) is 18.3 Å². The molecule has 1 aliphatic heterocycles. The molecule has 2 N–H and O–H groups in total. The molecule has 2 heterocycles. The number of nitrogens with zero attached hydrogens (tertiary/aromatic N) is 3. The lowest BCUT2D eigenvalue weighted by molar-refractivity contribution is 0.248. The number of anilines is 1. The van der Waals surface area contributed by atoms with Crippen LogP contribution in [0, 0.1) is 0 Å². The van der Waals surface area contributed by atoms with Crippen LogP contribution in [0.3, 0.4) is 0 Å². The maximum Gasteiger partial charge on any atom is 0.331 e. The van der Waals surface area contributed by atoms with Crippen molar-refractivity contribution in [1.82, 2.24) is 14.5 Å². The molecule has 1 unspecified atom stereocenters. The second-order valence-electron chi connectivity index (χ2n) is 12.8. The number of ether oxygens (including phenoxy) is 1. The van der Waals surface area contributed by atoms with E-state index in [0.717, 1.165) is 48.1 Å². The number of benzene rings is 4. The number of aryl methyl sites for hydroxylation is 1. The highest BCUT2D eigenvalue weighted by atomic mass is 32.2. The van der Waals surface area contributed by atoms with Crippen LogP contribution < -0.4 is 14.8 Å². The third-order valence-electron chi connectivity index (χ3n) is 9.66. The van der Waals surface area contributed by atoms with Crippen LogP contribution in [0.1, 0.15) is 65.1 Å². The molecule has 0 bridgehead atoms. The van der Waals surface area contributed by atoms with Gasteiger partial charge in [0.1, 0.15) is 16.5 Å². The molecule has 5 aromatic rings. The van der Waals surface area contributed by atoms with E-state index >= 15 is 4.21 Å². The molecule has 8 nitrogen and oxygen atoms in total. The van der Waals surface area contributed by atoms with Crippen LogP contribution in [0.4, 0.5) is 10.5 Å². The largest absolute Gasteiger partial charge is 0.472 e. The monoisotopic (exact) mass is 643 g/mol. The zero-order valence-corrected chi connectivity index (χ0v) is 27.3. The lowest BCUT2D eigenvalue weighted by Gasteiger charge is -2.33. The number of hydrogen-bond donors (Lipinski definition) is 2. The van der Waals surface area contributed by atoms with Crippen molar-refractivity contribution in [2.45, 2.75) is 68.5 Å². The zero-order chi connectivity index (χ0) is 32.2. The fourth-order valence-corrected chi connectivity index (χ4v) is 9.38. The summed E-state index contributed by atoms with van der Waals surface area (Å²) in [6.45, 7) is 4.64. The number of fused-ring (bicyclic) bond motifs is 3. The van der Waals surface area contributed by atoms with Gasteiger partial charge in [0, 0.05) is 5.69 Å². The van der Waals surface area contributed by atoms with Crippen LogP contribution in [0.2, 0.25) is 0 Å². The van der Waals surface area contributed by atoms with Crippen molar-refractivity contribution >= 4 is 21.6 Å². The molecule has 8 rings (SSSR count). The van der Waals surface area contributed by atoms with Gasteiger partial charge < -0.3 is 10.1 Å². The van der Waals surface area contributed by atoms with Crippen molar-refractivity contribution in [2.75, 3.05) is 5.32 Å². The Balaban J connectivity index is 1.34. The molecule has 47 heavy (non-hydrogen) atoms. The van der Waals surface area contributed by atoms with E-state index in [-0.39, 0.29) is 11.0 Å². The molecule has 1 aromatic heterocycles. The van der Waals surface area contributed by atoms with Crippen LogP contribution in [0.15, 0.2) is 113 Å². The third-order valence-corrected chi connectivity index (χ3v) is 11.5. The number of urea groups is 1. The van der Waals surface area contributed by atoms with Gasteiger partial charge in [-0.3, -0.25) is 0 Å². The first-order valence-electron chi connectivity index (χ1n) is 16.3. The van der Waals surface area contributed by atoms with Gasteiger partial charge in [0.2, 0.25) is 5.88 Å². The van der Waals surface area contributed by atoms with Gasteiger partial charge in [0.15, 0.2) is 9.92 Å². The number of hydrogen-bond acceptors (Lipinski definition) is 5. The minimum atomic E-state index is -3.77. The molecule has 0 spiro atoms.